The van der Waals surface area contributed by atoms with E-state index in [9.17, 15) is 4.79 Å². The summed E-state index contributed by atoms with van der Waals surface area (Å²) in [5.41, 5.74) is 0. The van der Waals surface area contributed by atoms with E-state index in [4.69, 9.17) is 0 Å². The maximum absolute atomic E-state index is 12.3. The zero-order chi connectivity index (χ0) is 14.9. The number of piperazine rings is 1. The fourth-order valence-electron chi connectivity index (χ4n) is 2.78. The van der Waals surface area contributed by atoms with Gasteiger partial charge in [-0.05, 0) is 34.7 Å². The summed E-state index contributed by atoms with van der Waals surface area (Å²) in [5, 5.41) is 14.0. The van der Waals surface area contributed by atoms with Crippen molar-refractivity contribution in [2.75, 3.05) is 26.2 Å². The summed E-state index contributed by atoms with van der Waals surface area (Å²) >= 11 is 1.51. The molecule has 0 radical (unpaired) electrons. The lowest BCUT2D eigenvalue weighted by atomic mass is 10.3. The number of tetrazole rings is 1. The first-order valence-electron chi connectivity index (χ1n) is 7.63. The minimum Gasteiger partial charge on any atom is -0.335 e. The molecule has 116 valence electrons. The smallest absolute Gasteiger partial charge is 0.264 e. The molecule has 8 heteroatoms. The van der Waals surface area contributed by atoms with Crippen molar-refractivity contribution in [1.82, 2.24) is 30.0 Å². The van der Waals surface area contributed by atoms with Gasteiger partial charge in [-0.2, -0.15) is 0 Å². The first-order chi connectivity index (χ1) is 10.8. The summed E-state index contributed by atoms with van der Waals surface area (Å²) in [6.07, 6.45) is 2.36. The molecule has 0 N–H and O–H groups in total. The Balaban J connectivity index is 1.34. The second kappa shape index (κ2) is 5.77. The van der Waals surface area contributed by atoms with Gasteiger partial charge in [-0.1, -0.05) is 6.07 Å². The molecule has 0 unspecified atom stereocenters. The molecule has 1 amide bonds. The normalized spacial score (nSPS) is 19.5. The number of thiophene rings is 1. The van der Waals surface area contributed by atoms with Crippen LogP contribution in [0.15, 0.2) is 17.5 Å². The molecule has 1 saturated heterocycles. The molecule has 0 spiro atoms. The van der Waals surface area contributed by atoms with E-state index >= 15 is 0 Å². The quantitative estimate of drug-likeness (QED) is 0.842. The molecule has 2 aliphatic rings. The Bertz CT molecular complexity index is 642. The van der Waals surface area contributed by atoms with E-state index in [2.05, 4.69) is 20.4 Å². The van der Waals surface area contributed by atoms with Crippen LogP contribution in [-0.2, 0) is 6.54 Å². The zero-order valence-corrected chi connectivity index (χ0v) is 13.1. The van der Waals surface area contributed by atoms with Crippen molar-refractivity contribution in [3.05, 3.63) is 28.2 Å². The Labute approximate surface area is 132 Å². The molecular formula is C14H18N6OS. The zero-order valence-electron chi connectivity index (χ0n) is 12.3. The number of amides is 1. The summed E-state index contributed by atoms with van der Waals surface area (Å²) in [6, 6.07) is 4.32. The third-order valence-corrected chi connectivity index (χ3v) is 5.07. The highest BCUT2D eigenvalue weighted by atomic mass is 32.1. The number of hydrogen-bond donors (Lipinski definition) is 0. The topological polar surface area (TPSA) is 67.2 Å². The highest BCUT2D eigenvalue weighted by Gasteiger charge is 2.29. The number of hydrogen-bond acceptors (Lipinski definition) is 6. The van der Waals surface area contributed by atoms with E-state index in [-0.39, 0.29) is 5.91 Å². The lowest BCUT2D eigenvalue weighted by Crippen LogP contribution is -2.48. The largest absolute Gasteiger partial charge is 0.335 e. The average Bonchev–Trinajstić information content (AvgIpc) is 3.05. The lowest BCUT2D eigenvalue weighted by molar-refractivity contribution is 0.0628. The molecule has 1 saturated carbocycles. The Morgan fingerprint density at radius 2 is 2.09 bits per heavy atom. The van der Waals surface area contributed by atoms with Gasteiger partial charge in [0.25, 0.3) is 5.91 Å². The van der Waals surface area contributed by atoms with Gasteiger partial charge in [0.2, 0.25) is 0 Å². The van der Waals surface area contributed by atoms with E-state index in [1.165, 1.54) is 24.2 Å². The first-order valence-corrected chi connectivity index (χ1v) is 8.51. The van der Waals surface area contributed by atoms with Gasteiger partial charge in [0.1, 0.15) is 0 Å². The third-order valence-electron chi connectivity index (χ3n) is 4.21. The van der Waals surface area contributed by atoms with Crippen LogP contribution in [0.5, 0.6) is 0 Å². The van der Waals surface area contributed by atoms with Gasteiger partial charge in [-0.15, -0.1) is 16.4 Å². The summed E-state index contributed by atoms with van der Waals surface area (Å²) in [7, 11) is 0. The van der Waals surface area contributed by atoms with E-state index < -0.39 is 0 Å². The third kappa shape index (κ3) is 2.76. The number of nitrogens with zero attached hydrogens (tertiary/aromatic N) is 6. The Hall–Kier alpha value is -1.80. The highest BCUT2D eigenvalue weighted by molar-refractivity contribution is 7.12. The molecule has 2 aromatic rings. The fraction of sp³-hybridized carbons (Fsp3) is 0.571. The second-order valence-electron chi connectivity index (χ2n) is 5.82. The summed E-state index contributed by atoms with van der Waals surface area (Å²) in [6.45, 7) is 4.04. The van der Waals surface area contributed by atoms with Gasteiger partial charge in [0.05, 0.1) is 17.5 Å². The number of carbonyl (C=O) groups is 1. The van der Waals surface area contributed by atoms with Crippen LogP contribution in [0.4, 0.5) is 0 Å². The number of aromatic nitrogens is 4. The maximum Gasteiger partial charge on any atom is 0.264 e. The Kier molecular flexibility index (Phi) is 3.63. The lowest BCUT2D eigenvalue weighted by Gasteiger charge is -2.34. The van der Waals surface area contributed by atoms with E-state index in [0.717, 1.165) is 43.4 Å². The molecule has 1 aliphatic carbocycles. The summed E-state index contributed by atoms with van der Waals surface area (Å²) in [5.74, 6) is 1.10. The molecule has 0 bridgehead atoms. The minimum atomic E-state index is 0.150. The monoisotopic (exact) mass is 318 g/mol. The van der Waals surface area contributed by atoms with Crippen LogP contribution in [-0.4, -0.2) is 62.1 Å². The van der Waals surface area contributed by atoms with Crippen LogP contribution in [0.2, 0.25) is 0 Å². The van der Waals surface area contributed by atoms with Crippen LogP contribution in [0.3, 0.4) is 0 Å². The van der Waals surface area contributed by atoms with Crippen molar-refractivity contribution in [1.29, 1.82) is 0 Å². The van der Waals surface area contributed by atoms with Crippen molar-refractivity contribution in [3.8, 4) is 0 Å². The van der Waals surface area contributed by atoms with Crippen molar-refractivity contribution < 1.29 is 4.79 Å². The van der Waals surface area contributed by atoms with E-state index in [1.807, 2.05) is 27.1 Å². The molecule has 22 heavy (non-hydrogen) atoms. The van der Waals surface area contributed by atoms with Gasteiger partial charge in [-0.25, -0.2) is 4.68 Å². The maximum atomic E-state index is 12.3. The number of rotatable bonds is 4. The van der Waals surface area contributed by atoms with Gasteiger partial charge in [-0.3, -0.25) is 9.69 Å². The van der Waals surface area contributed by atoms with Crippen LogP contribution < -0.4 is 0 Å². The molecule has 2 fully saturated rings. The van der Waals surface area contributed by atoms with E-state index in [1.54, 1.807) is 0 Å². The summed E-state index contributed by atoms with van der Waals surface area (Å²) < 4.78 is 1.96. The SMILES string of the molecule is O=C(c1cccs1)N1CCN(Cc2nnnn2C2CC2)CC1. The predicted molar refractivity (Wildman–Crippen MR) is 81.6 cm³/mol. The van der Waals surface area contributed by atoms with Crippen molar-refractivity contribution in [2.45, 2.75) is 25.4 Å². The fourth-order valence-corrected chi connectivity index (χ4v) is 3.48. The van der Waals surface area contributed by atoms with Crippen LogP contribution in [0.25, 0.3) is 0 Å². The van der Waals surface area contributed by atoms with Gasteiger partial charge in [0.15, 0.2) is 5.82 Å². The van der Waals surface area contributed by atoms with Gasteiger partial charge >= 0.3 is 0 Å². The average molecular weight is 318 g/mol. The van der Waals surface area contributed by atoms with Crippen LogP contribution in [0.1, 0.15) is 34.4 Å². The molecule has 1 aliphatic heterocycles. The molecule has 3 heterocycles. The summed E-state index contributed by atoms with van der Waals surface area (Å²) in [4.78, 5) is 17.4. The molecule has 0 atom stereocenters. The molecule has 0 aromatic carbocycles. The predicted octanol–water partition coefficient (Wildman–Crippen LogP) is 1.03. The van der Waals surface area contributed by atoms with E-state index in [0.29, 0.717) is 6.04 Å². The Morgan fingerprint density at radius 3 is 2.77 bits per heavy atom. The Morgan fingerprint density at radius 1 is 1.27 bits per heavy atom. The molecule has 4 rings (SSSR count). The van der Waals surface area contributed by atoms with Crippen molar-refractivity contribution >= 4 is 17.2 Å². The number of carbonyl (C=O) groups excluding carboxylic acids is 1. The molecule has 7 nitrogen and oxygen atoms in total. The highest BCUT2D eigenvalue weighted by Crippen LogP contribution is 2.34. The standard InChI is InChI=1S/C14H18N6OS/c21-14(12-2-1-9-22-12)19-7-5-18(6-8-19)10-13-15-16-17-20(13)11-3-4-11/h1-2,9,11H,3-8,10H2. The van der Waals surface area contributed by atoms with Crippen LogP contribution >= 0.6 is 11.3 Å². The van der Waals surface area contributed by atoms with Gasteiger partial charge < -0.3 is 4.90 Å². The van der Waals surface area contributed by atoms with Crippen LogP contribution in [0, 0.1) is 0 Å². The first kappa shape index (κ1) is 13.8. The molecule has 2 aromatic heterocycles. The minimum absolute atomic E-state index is 0.150. The molecular weight excluding hydrogens is 300 g/mol. The van der Waals surface area contributed by atoms with Crippen molar-refractivity contribution in [3.63, 3.8) is 0 Å². The second-order valence-corrected chi connectivity index (χ2v) is 6.76. The van der Waals surface area contributed by atoms with Gasteiger partial charge in [0, 0.05) is 26.2 Å². The van der Waals surface area contributed by atoms with Crippen molar-refractivity contribution in [2.24, 2.45) is 0 Å².